The van der Waals surface area contributed by atoms with Gasteiger partial charge in [-0.3, -0.25) is 4.79 Å². The van der Waals surface area contributed by atoms with E-state index >= 15 is 0 Å². The highest BCUT2D eigenvalue weighted by atomic mass is 19.4. The number of nitrogens with one attached hydrogen (secondary N) is 1. The molecule has 0 spiro atoms. The predicted octanol–water partition coefficient (Wildman–Crippen LogP) is 3.42. The van der Waals surface area contributed by atoms with E-state index in [0.29, 0.717) is 0 Å². The number of carbonyl (C=O) groups is 2. The van der Waals surface area contributed by atoms with Crippen molar-refractivity contribution in [3.63, 3.8) is 0 Å². The summed E-state index contributed by atoms with van der Waals surface area (Å²) in [5.74, 6) is -2.50. The first-order valence-corrected chi connectivity index (χ1v) is 6.70. The molecule has 24 heavy (non-hydrogen) atoms. The number of aromatic carboxylic acids is 1. The lowest BCUT2D eigenvalue weighted by Gasteiger charge is -2.14. The molecule has 0 aliphatic rings. The van der Waals surface area contributed by atoms with Gasteiger partial charge in [0.15, 0.2) is 6.61 Å². The van der Waals surface area contributed by atoms with Crippen LogP contribution in [0.25, 0.3) is 0 Å². The SMILES string of the molecule is O=C(COc1ccccc1C(F)(F)F)Nc1ccccc1C(=O)O. The number of rotatable bonds is 5. The maximum atomic E-state index is 12.8. The number of halogens is 3. The third-order valence-corrected chi connectivity index (χ3v) is 2.98. The Bertz CT molecular complexity index is 759. The van der Waals surface area contributed by atoms with Gasteiger partial charge in [-0.2, -0.15) is 13.2 Å². The van der Waals surface area contributed by atoms with E-state index < -0.39 is 36.0 Å². The van der Waals surface area contributed by atoms with Gasteiger partial charge in [-0.1, -0.05) is 24.3 Å². The van der Waals surface area contributed by atoms with Crippen LogP contribution in [-0.2, 0) is 11.0 Å². The van der Waals surface area contributed by atoms with Gasteiger partial charge >= 0.3 is 12.1 Å². The van der Waals surface area contributed by atoms with E-state index in [9.17, 15) is 22.8 Å². The molecule has 0 aliphatic carbocycles. The highest BCUT2D eigenvalue weighted by Crippen LogP contribution is 2.35. The Balaban J connectivity index is 2.07. The van der Waals surface area contributed by atoms with Crippen molar-refractivity contribution in [2.75, 3.05) is 11.9 Å². The first-order valence-electron chi connectivity index (χ1n) is 6.70. The molecule has 0 fully saturated rings. The number of ether oxygens (including phenoxy) is 1. The zero-order valence-electron chi connectivity index (χ0n) is 12.1. The van der Waals surface area contributed by atoms with Gasteiger partial charge in [0.1, 0.15) is 5.75 Å². The smallest absolute Gasteiger partial charge is 0.419 e. The predicted molar refractivity (Wildman–Crippen MR) is 79.0 cm³/mol. The normalized spacial score (nSPS) is 11.0. The fourth-order valence-electron chi connectivity index (χ4n) is 1.93. The number of benzene rings is 2. The third kappa shape index (κ3) is 4.25. The maximum Gasteiger partial charge on any atom is 0.419 e. The minimum atomic E-state index is -4.61. The second-order valence-electron chi connectivity index (χ2n) is 4.68. The molecule has 0 saturated heterocycles. The van der Waals surface area contributed by atoms with E-state index in [-0.39, 0.29) is 11.3 Å². The van der Waals surface area contributed by atoms with Crippen molar-refractivity contribution in [3.05, 3.63) is 59.7 Å². The zero-order valence-corrected chi connectivity index (χ0v) is 12.1. The second-order valence-corrected chi connectivity index (χ2v) is 4.68. The van der Waals surface area contributed by atoms with Gasteiger partial charge < -0.3 is 15.2 Å². The minimum absolute atomic E-state index is 0.0303. The van der Waals surface area contributed by atoms with Gasteiger partial charge in [-0.15, -0.1) is 0 Å². The molecule has 0 unspecified atom stereocenters. The maximum absolute atomic E-state index is 12.8. The zero-order chi connectivity index (χ0) is 17.7. The molecule has 2 N–H and O–H groups in total. The Labute approximate surface area is 134 Å². The van der Waals surface area contributed by atoms with Crippen LogP contribution in [0.5, 0.6) is 5.75 Å². The van der Waals surface area contributed by atoms with Crippen molar-refractivity contribution in [2.45, 2.75) is 6.18 Å². The van der Waals surface area contributed by atoms with E-state index in [1.165, 1.54) is 36.4 Å². The van der Waals surface area contributed by atoms with Crippen LogP contribution in [-0.4, -0.2) is 23.6 Å². The van der Waals surface area contributed by atoms with Crippen molar-refractivity contribution in [2.24, 2.45) is 0 Å². The molecular formula is C16H12F3NO4. The van der Waals surface area contributed by atoms with Crippen molar-refractivity contribution >= 4 is 17.6 Å². The van der Waals surface area contributed by atoms with E-state index in [0.717, 1.165) is 12.1 Å². The molecule has 0 aromatic heterocycles. The summed E-state index contributed by atoms with van der Waals surface area (Å²) in [5.41, 5.74) is -1.10. The lowest BCUT2D eigenvalue weighted by molar-refractivity contribution is -0.139. The Morgan fingerprint density at radius 2 is 1.67 bits per heavy atom. The van der Waals surface area contributed by atoms with E-state index in [1.807, 2.05) is 0 Å². The number of carbonyl (C=O) groups excluding carboxylic acids is 1. The van der Waals surface area contributed by atoms with Crippen LogP contribution in [0.3, 0.4) is 0 Å². The van der Waals surface area contributed by atoms with Crippen LogP contribution in [0, 0.1) is 0 Å². The molecule has 5 nitrogen and oxygen atoms in total. The van der Waals surface area contributed by atoms with Crippen molar-refractivity contribution in [1.82, 2.24) is 0 Å². The van der Waals surface area contributed by atoms with E-state index in [1.54, 1.807) is 0 Å². The number of hydrogen-bond donors (Lipinski definition) is 2. The van der Waals surface area contributed by atoms with Crippen LogP contribution in [0.4, 0.5) is 18.9 Å². The highest BCUT2D eigenvalue weighted by molar-refractivity contribution is 6.00. The highest BCUT2D eigenvalue weighted by Gasteiger charge is 2.34. The van der Waals surface area contributed by atoms with Crippen molar-refractivity contribution < 1.29 is 32.6 Å². The van der Waals surface area contributed by atoms with Gasteiger partial charge in [-0.05, 0) is 24.3 Å². The number of hydrogen-bond acceptors (Lipinski definition) is 3. The molecule has 0 aliphatic heterocycles. The molecule has 126 valence electrons. The molecule has 0 heterocycles. The molecule has 2 aromatic rings. The quantitative estimate of drug-likeness (QED) is 0.875. The number of carboxylic acid groups (broad SMARTS) is 1. The molecule has 0 atom stereocenters. The lowest BCUT2D eigenvalue weighted by atomic mass is 10.2. The molecule has 0 saturated carbocycles. The minimum Gasteiger partial charge on any atom is -0.483 e. The van der Waals surface area contributed by atoms with E-state index in [2.05, 4.69) is 5.32 Å². The summed E-state index contributed by atoms with van der Waals surface area (Å²) in [7, 11) is 0. The summed E-state index contributed by atoms with van der Waals surface area (Å²) < 4.78 is 43.4. The van der Waals surface area contributed by atoms with Crippen molar-refractivity contribution in [1.29, 1.82) is 0 Å². The Hall–Kier alpha value is -3.03. The molecule has 1 amide bonds. The fraction of sp³-hybridized carbons (Fsp3) is 0.125. The monoisotopic (exact) mass is 339 g/mol. The van der Waals surface area contributed by atoms with Gasteiger partial charge in [-0.25, -0.2) is 4.79 Å². The van der Waals surface area contributed by atoms with Crippen LogP contribution >= 0.6 is 0 Å². The summed E-state index contributed by atoms with van der Waals surface area (Å²) in [5, 5.41) is 11.3. The molecule has 8 heteroatoms. The largest absolute Gasteiger partial charge is 0.483 e. The summed E-state index contributed by atoms with van der Waals surface area (Å²) in [6, 6.07) is 10.1. The number of amides is 1. The number of para-hydroxylation sites is 2. The second kappa shape index (κ2) is 7.03. The molecule has 2 rings (SSSR count). The van der Waals surface area contributed by atoms with Crippen LogP contribution in [0.15, 0.2) is 48.5 Å². The Morgan fingerprint density at radius 3 is 2.33 bits per heavy atom. The number of alkyl halides is 3. The summed E-state index contributed by atoms with van der Waals surface area (Å²) in [6.45, 7) is -0.693. The molecule has 0 radical (unpaired) electrons. The van der Waals surface area contributed by atoms with Crippen molar-refractivity contribution in [3.8, 4) is 5.75 Å². The summed E-state index contributed by atoms with van der Waals surface area (Å²) in [4.78, 5) is 22.8. The fourth-order valence-corrected chi connectivity index (χ4v) is 1.93. The van der Waals surface area contributed by atoms with Gasteiger partial charge in [0, 0.05) is 0 Å². The molecule has 0 bridgehead atoms. The third-order valence-electron chi connectivity index (χ3n) is 2.98. The molecular weight excluding hydrogens is 327 g/mol. The first kappa shape index (κ1) is 17.3. The number of anilines is 1. The Morgan fingerprint density at radius 1 is 1.04 bits per heavy atom. The van der Waals surface area contributed by atoms with Crippen LogP contribution < -0.4 is 10.1 Å². The van der Waals surface area contributed by atoms with Crippen LogP contribution in [0.1, 0.15) is 15.9 Å². The summed E-state index contributed by atoms with van der Waals surface area (Å²) in [6.07, 6.45) is -4.61. The Kier molecular flexibility index (Phi) is 5.08. The molecule has 2 aromatic carbocycles. The van der Waals surface area contributed by atoms with Crippen LogP contribution in [0.2, 0.25) is 0 Å². The topological polar surface area (TPSA) is 75.6 Å². The standard InChI is InChI=1S/C16H12F3NO4/c17-16(18,19)11-6-2-4-8-13(11)24-9-14(21)20-12-7-3-1-5-10(12)15(22)23/h1-8H,9H2,(H,20,21)(H,22,23). The van der Waals surface area contributed by atoms with Gasteiger partial charge in [0.05, 0.1) is 16.8 Å². The average molecular weight is 339 g/mol. The van der Waals surface area contributed by atoms with E-state index in [4.69, 9.17) is 9.84 Å². The number of carboxylic acids is 1. The van der Waals surface area contributed by atoms with Gasteiger partial charge in [0.25, 0.3) is 5.91 Å². The van der Waals surface area contributed by atoms with Gasteiger partial charge in [0.2, 0.25) is 0 Å². The summed E-state index contributed by atoms with van der Waals surface area (Å²) >= 11 is 0. The first-order chi connectivity index (χ1) is 11.3. The lowest BCUT2D eigenvalue weighted by Crippen LogP contribution is -2.22. The average Bonchev–Trinajstić information content (AvgIpc) is 2.52.